The SMILES string of the molecule is COc1ccc2nc(C(F)(F)CCCCC3CCCC3)c(=O)[nH]c2c1. The molecule has 0 atom stereocenters. The van der Waals surface area contributed by atoms with E-state index in [0.29, 0.717) is 29.1 Å². The minimum Gasteiger partial charge on any atom is -0.497 e. The summed E-state index contributed by atoms with van der Waals surface area (Å²) in [6.45, 7) is 0. The van der Waals surface area contributed by atoms with Crippen LogP contribution in [0, 0.1) is 5.92 Å². The van der Waals surface area contributed by atoms with Gasteiger partial charge < -0.3 is 9.72 Å². The fourth-order valence-electron chi connectivity index (χ4n) is 3.64. The maximum atomic E-state index is 14.5. The summed E-state index contributed by atoms with van der Waals surface area (Å²) in [5.74, 6) is -1.97. The highest BCUT2D eigenvalue weighted by Crippen LogP contribution is 2.33. The van der Waals surface area contributed by atoms with Crippen LogP contribution in [-0.4, -0.2) is 17.1 Å². The Bertz CT molecular complexity index is 783. The predicted molar refractivity (Wildman–Crippen MR) is 93.2 cm³/mol. The van der Waals surface area contributed by atoms with E-state index >= 15 is 0 Å². The molecular weight excluding hydrogens is 326 g/mol. The third-order valence-corrected chi connectivity index (χ3v) is 5.07. The second-order valence-electron chi connectivity index (χ2n) is 6.90. The third kappa shape index (κ3) is 4.17. The number of alkyl halides is 2. The number of halogens is 2. The van der Waals surface area contributed by atoms with Crippen molar-refractivity contribution in [2.45, 2.75) is 57.3 Å². The maximum Gasteiger partial charge on any atom is 0.295 e. The quantitative estimate of drug-likeness (QED) is 0.732. The number of unbranched alkanes of at least 4 members (excludes halogenated alkanes) is 1. The number of hydrogen-bond acceptors (Lipinski definition) is 3. The van der Waals surface area contributed by atoms with Crippen LogP contribution >= 0.6 is 0 Å². The summed E-state index contributed by atoms with van der Waals surface area (Å²) in [6.07, 6.45) is 6.85. The fraction of sp³-hybridized carbons (Fsp3) is 0.579. The van der Waals surface area contributed by atoms with Crippen LogP contribution in [0.5, 0.6) is 5.75 Å². The van der Waals surface area contributed by atoms with E-state index in [-0.39, 0.29) is 6.42 Å². The number of ether oxygens (including phenoxy) is 1. The van der Waals surface area contributed by atoms with Gasteiger partial charge in [0.25, 0.3) is 11.5 Å². The molecule has 1 N–H and O–H groups in total. The molecule has 0 amide bonds. The topological polar surface area (TPSA) is 55.0 Å². The zero-order chi connectivity index (χ0) is 17.9. The number of methoxy groups -OCH3 is 1. The fourth-order valence-corrected chi connectivity index (χ4v) is 3.64. The Morgan fingerprint density at radius 1 is 1.28 bits per heavy atom. The zero-order valence-corrected chi connectivity index (χ0v) is 14.5. The summed E-state index contributed by atoms with van der Waals surface area (Å²) in [7, 11) is 1.50. The van der Waals surface area contributed by atoms with Crippen LogP contribution in [0.1, 0.15) is 57.1 Å². The van der Waals surface area contributed by atoms with Crippen LogP contribution < -0.4 is 10.3 Å². The van der Waals surface area contributed by atoms with Crippen LogP contribution in [0.4, 0.5) is 8.78 Å². The Morgan fingerprint density at radius 3 is 2.76 bits per heavy atom. The molecule has 0 saturated heterocycles. The van der Waals surface area contributed by atoms with Gasteiger partial charge in [0.05, 0.1) is 18.1 Å². The highest BCUT2D eigenvalue weighted by atomic mass is 19.3. The van der Waals surface area contributed by atoms with E-state index in [0.717, 1.165) is 12.8 Å². The standard InChI is InChI=1S/C19H24F2N2O2/c1-25-14-9-10-15-16(12-14)23-18(24)17(22-15)19(20,21)11-5-4-8-13-6-2-3-7-13/h9-10,12-13H,2-8,11H2,1H3,(H,23,24). The summed E-state index contributed by atoms with van der Waals surface area (Å²) < 4.78 is 34.0. The molecule has 6 heteroatoms. The number of rotatable bonds is 7. The van der Waals surface area contributed by atoms with Crippen molar-refractivity contribution >= 4 is 11.0 Å². The largest absolute Gasteiger partial charge is 0.497 e. The molecule has 1 aromatic heterocycles. The lowest BCUT2D eigenvalue weighted by Crippen LogP contribution is -2.27. The van der Waals surface area contributed by atoms with Crippen LogP contribution in [0.2, 0.25) is 0 Å². The lowest BCUT2D eigenvalue weighted by molar-refractivity contribution is -0.0215. The Kier molecular flexibility index (Phi) is 5.35. The van der Waals surface area contributed by atoms with Gasteiger partial charge in [0.2, 0.25) is 0 Å². The summed E-state index contributed by atoms with van der Waals surface area (Å²) in [5, 5.41) is 0. The molecule has 1 aliphatic rings. The Balaban J connectivity index is 1.69. The van der Waals surface area contributed by atoms with Gasteiger partial charge in [-0.2, -0.15) is 8.78 Å². The molecule has 0 aliphatic heterocycles. The van der Waals surface area contributed by atoms with Crippen molar-refractivity contribution in [3.63, 3.8) is 0 Å². The van der Waals surface area contributed by atoms with Gasteiger partial charge in [0.15, 0.2) is 5.69 Å². The van der Waals surface area contributed by atoms with E-state index in [1.807, 2.05) is 0 Å². The first-order chi connectivity index (χ1) is 12.0. The lowest BCUT2D eigenvalue weighted by atomic mass is 9.98. The Morgan fingerprint density at radius 2 is 2.04 bits per heavy atom. The van der Waals surface area contributed by atoms with Crippen LogP contribution in [0.3, 0.4) is 0 Å². The first kappa shape index (κ1) is 17.8. The molecular formula is C19H24F2N2O2. The van der Waals surface area contributed by atoms with E-state index in [1.165, 1.54) is 32.8 Å². The van der Waals surface area contributed by atoms with Gasteiger partial charge in [-0.25, -0.2) is 4.98 Å². The Hall–Kier alpha value is -1.98. The van der Waals surface area contributed by atoms with E-state index in [9.17, 15) is 13.6 Å². The maximum absolute atomic E-state index is 14.5. The molecule has 4 nitrogen and oxygen atoms in total. The predicted octanol–water partition coefficient (Wildman–Crippen LogP) is 4.77. The summed E-state index contributed by atoms with van der Waals surface area (Å²) in [5.41, 5.74) is -0.793. The highest BCUT2D eigenvalue weighted by molar-refractivity contribution is 5.75. The molecule has 0 unspecified atom stereocenters. The number of aromatic nitrogens is 2. The van der Waals surface area contributed by atoms with Crippen molar-refractivity contribution in [2.24, 2.45) is 5.92 Å². The monoisotopic (exact) mass is 350 g/mol. The van der Waals surface area contributed by atoms with Crippen molar-refractivity contribution in [1.82, 2.24) is 9.97 Å². The van der Waals surface area contributed by atoms with Gasteiger partial charge in [-0.15, -0.1) is 0 Å². The molecule has 0 radical (unpaired) electrons. The van der Waals surface area contributed by atoms with Crippen molar-refractivity contribution in [3.8, 4) is 5.75 Å². The van der Waals surface area contributed by atoms with E-state index in [4.69, 9.17) is 4.74 Å². The van der Waals surface area contributed by atoms with Crippen molar-refractivity contribution in [1.29, 1.82) is 0 Å². The van der Waals surface area contributed by atoms with Crippen LogP contribution in [-0.2, 0) is 5.92 Å². The van der Waals surface area contributed by atoms with Crippen molar-refractivity contribution in [2.75, 3.05) is 7.11 Å². The molecule has 0 bridgehead atoms. The van der Waals surface area contributed by atoms with Gasteiger partial charge in [0, 0.05) is 12.5 Å². The summed E-state index contributed by atoms with van der Waals surface area (Å²) >= 11 is 0. The lowest BCUT2D eigenvalue weighted by Gasteiger charge is -2.16. The summed E-state index contributed by atoms with van der Waals surface area (Å²) in [6, 6.07) is 4.79. The molecule has 0 spiro atoms. The van der Waals surface area contributed by atoms with Gasteiger partial charge in [0.1, 0.15) is 5.75 Å². The third-order valence-electron chi connectivity index (χ3n) is 5.07. The van der Waals surface area contributed by atoms with Crippen LogP contribution in [0.15, 0.2) is 23.0 Å². The molecule has 3 rings (SSSR count). The van der Waals surface area contributed by atoms with Gasteiger partial charge >= 0.3 is 0 Å². The first-order valence-electron chi connectivity index (χ1n) is 8.96. The van der Waals surface area contributed by atoms with E-state index < -0.39 is 17.2 Å². The van der Waals surface area contributed by atoms with Crippen LogP contribution in [0.25, 0.3) is 11.0 Å². The molecule has 136 valence electrons. The second-order valence-corrected chi connectivity index (χ2v) is 6.90. The van der Waals surface area contributed by atoms with Gasteiger partial charge in [-0.3, -0.25) is 4.79 Å². The van der Waals surface area contributed by atoms with E-state index in [2.05, 4.69) is 9.97 Å². The molecule has 25 heavy (non-hydrogen) atoms. The number of aromatic amines is 1. The summed E-state index contributed by atoms with van der Waals surface area (Å²) in [4.78, 5) is 18.5. The van der Waals surface area contributed by atoms with E-state index in [1.54, 1.807) is 18.2 Å². The highest BCUT2D eigenvalue weighted by Gasteiger charge is 2.36. The normalized spacial score (nSPS) is 15.8. The smallest absolute Gasteiger partial charge is 0.295 e. The number of fused-ring (bicyclic) bond motifs is 1. The van der Waals surface area contributed by atoms with Crippen molar-refractivity contribution in [3.05, 3.63) is 34.2 Å². The first-order valence-corrected chi connectivity index (χ1v) is 8.96. The number of H-pyrrole nitrogens is 1. The number of benzene rings is 1. The molecule has 2 aromatic rings. The minimum absolute atomic E-state index is 0.334. The second kappa shape index (κ2) is 7.50. The molecule has 1 aromatic carbocycles. The van der Waals surface area contributed by atoms with Gasteiger partial charge in [-0.1, -0.05) is 38.5 Å². The molecule has 1 aliphatic carbocycles. The van der Waals surface area contributed by atoms with Crippen molar-refractivity contribution < 1.29 is 13.5 Å². The molecule has 1 heterocycles. The number of nitrogens with zero attached hydrogens (tertiary/aromatic N) is 1. The minimum atomic E-state index is -3.21. The zero-order valence-electron chi connectivity index (χ0n) is 14.5. The molecule has 1 fully saturated rings. The number of hydrogen-bond donors (Lipinski definition) is 1. The Labute approximate surface area is 145 Å². The average Bonchev–Trinajstić information content (AvgIpc) is 3.11. The number of nitrogens with one attached hydrogen (secondary N) is 1. The molecule has 1 saturated carbocycles. The average molecular weight is 350 g/mol. The van der Waals surface area contributed by atoms with Gasteiger partial charge in [-0.05, 0) is 24.5 Å².